The zero-order chi connectivity index (χ0) is 17.1. The fraction of sp³-hybridized carbons (Fsp3) is 0.111. The number of halogens is 2. The molecular formula is C18H15BrFN3O. The van der Waals surface area contributed by atoms with Crippen LogP contribution in [0.5, 0.6) is 0 Å². The number of anilines is 1. The van der Waals surface area contributed by atoms with E-state index < -0.39 is 0 Å². The Hall–Kier alpha value is -2.47. The molecule has 0 fully saturated rings. The Morgan fingerprint density at radius 2 is 1.92 bits per heavy atom. The molecule has 24 heavy (non-hydrogen) atoms. The summed E-state index contributed by atoms with van der Waals surface area (Å²) < 4.78 is 16.0. The number of hydrogen-bond acceptors (Lipinski definition) is 2. The van der Waals surface area contributed by atoms with Gasteiger partial charge in [0.15, 0.2) is 5.82 Å². The number of rotatable bonds is 4. The van der Waals surface area contributed by atoms with E-state index in [0.29, 0.717) is 21.4 Å². The van der Waals surface area contributed by atoms with Gasteiger partial charge in [0.1, 0.15) is 5.82 Å². The molecule has 1 heterocycles. The second-order valence-electron chi connectivity index (χ2n) is 5.38. The fourth-order valence-electron chi connectivity index (χ4n) is 2.37. The highest BCUT2D eigenvalue weighted by Crippen LogP contribution is 2.22. The molecule has 0 aliphatic rings. The van der Waals surface area contributed by atoms with Crippen molar-refractivity contribution in [3.8, 4) is 0 Å². The van der Waals surface area contributed by atoms with Crippen LogP contribution in [0.25, 0.3) is 0 Å². The van der Waals surface area contributed by atoms with Crippen molar-refractivity contribution in [1.29, 1.82) is 0 Å². The third-order valence-electron chi connectivity index (χ3n) is 3.63. The molecule has 122 valence electrons. The van der Waals surface area contributed by atoms with Crippen molar-refractivity contribution >= 4 is 27.7 Å². The van der Waals surface area contributed by atoms with Gasteiger partial charge in [-0.2, -0.15) is 5.10 Å². The van der Waals surface area contributed by atoms with Crippen molar-refractivity contribution < 1.29 is 9.18 Å². The van der Waals surface area contributed by atoms with Crippen molar-refractivity contribution in [1.82, 2.24) is 9.78 Å². The van der Waals surface area contributed by atoms with E-state index >= 15 is 0 Å². The van der Waals surface area contributed by atoms with E-state index in [1.165, 1.54) is 6.07 Å². The Bertz CT molecular complexity index is 891. The highest BCUT2D eigenvalue weighted by molar-refractivity contribution is 9.10. The molecule has 0 spiro atoms. The fourth-order valence-corrected chi connectivity index (χ4v) is 2.78. The Labute approximate surface area is 147 Å². The topological polar surface area (TPSA) is 46.9 Å². The first-order chi connectivity index (χ1) is 11.5. The molecule has 0 atom stereocenters. The second kappa shape index (κ2) is 6.97. The number of nitrogens with zero attached hydrogens (tertiary/aromatic N) is 2. The molecule has 0 saturated heterocycles. The molecule has 0 radical (unpaired) electrons. The summed E-state index contributed by atoms with van der Waals surface area (Å²) in [4.78, 5) is 12.4. The van der Waals surface area contributed by atoms with Crippen LogP contribution in [0.15, 0.2) is 59.2 Å². The minimum Gasteiger partial charge on any atom is -0.304 e. The molecule has 0 aliphatic carbocycles. The van der Waals surface area contributed by atoms with Crippen LogP contribution < -0.4 is 5.32 Å². The van der Waals surface area contributed by atoms with Crippen molar-refractivity contribution in [3.63, 3.8) is 0 Å². The summed E-state index contributed by atoms with van der Waals surface area (Å²) in [5.74, 6) is -0.112. The summed E-state index contributed by atoms with van der Waals surface area (Å²) in [6.45, 7) is 2.16. The number of carbonyl (C=O) groups excluding carboxylic acids is 1. The lowest BCUT2D eigenvalue weighted by molar-refractivity contribution is 0.102. The first-order valence-electron chi connectivity index (χ1n) is 7.38. The molecule has 3 aromatic rings. The zero-order valence-electron chi connectivity index (χ0n) is 13.0. The Morgan fingerprint density at radius 1 is 1.21 bits per heavy atom. The summed E-state index contributed by atoms with van der Waals surface area (Å²) in [6.07, 6.45) is 1.71. The summed E-state index contributed by atoms with van der Waals surface area (Å²) in [7, 11) is 0. The predicted octanol–water partition coefficient (Wildman–Crippen LogP) is 4.39. The molecule has 0 saturated carbocycles. The number of hydrogen-bond donors (Lipinski definition) is 1. The smallest absolute Gasteiger partial charge is 0.257 e. The average Bonchev–Trinajstić information content (AvgIpc) is 2.89. The van der Waals surface area contributed by atoms with Crippen LogP contribution in [0.1, 0.15) is 21.5 Å². The maximum absolute atomic E-state index is 13.7. The van der Waals surface area contributed by atoms with Crippen molar-refractivity contribution in [2.24, 2.45) is 0 Å². The van der Waals surface area contributed by atoms with Gasteiger partial charge in [0.05, 0.1) is 11.0 Å². The summed E-state index contributed by atoms with van der Waals surface area (Å²) in [5, 5.41) is 7.09. The number of benzene rings is 2. The van der Waals surface area contributed by atoms with Gasteiger partial charge in [-0.05, 0) is 40.5 Å². The molecule has 0 aliphatic heterocycles. The van der Waals surface area contributed by atoms with E-state index in [1.54, 1.807) is 35.1 Å². The number of aryl methyl sites for hydroxylation is 1. The lowest BCUT2D eigenvalue weighted by Crippen LogP contribution is -2.14. The maximum Gasteiger partial charge on any atom is 0.257 e. The third kappa shape index (κ3) is 3.54. The Balaban J connectivity index is 1.78. The third-order valence-corrected chi connectivity index (χ3v) is 4.21. The lowest BCUT2D eigenvalue weighted by atomic mass is 10.1. The largest absolute Gasteiger partial charge is 0.304 e. The zero-order valence-corrected chi connectivity index (χ0v) is 14.5. The number of carbonyl (C=O) groups is 1. The highest BCUT2D eigenvalue weighted by Gasteiger charge is 2.14. The first kappa shape index (κ1) is 16.4. The van der Waals surface area contributed by atoms with Crippen LogP contribution in [0.4, 0.5) is 10.2 Å². The summed E-state index contributed by atoms with van der Waals surface area (Å²) in [5.41, 5.74) is 2.01. The van der Waals surface area contributed by atoms with E-state index in [0.717, 1.165) is 5.56 Å². The molecule has 1 N–H and O–H groups in total. The van der Waals surface area contributed by atoms with Gasteiger partial charge in [-0.1, -0.05) is 36.4 Å². The second-order valence-corrected chi connectivity index (χ2v) is 6.24. The molecule has 6 heteroatoms. The lowest BCUT2D eigenvalue weighted by Gasteiger charge is -2.06. The van der Waals surface area contributed by atoms with Crippen LogP contribution >= 0.6 is 15.9 Å². The van der Waals surface area contributed by atoms with E-state index in [2.05, 4.69) is 26.3 Å². The van der Waals surface area contributed by atoms with E-state index in [-0.39, 0.29) is 18.3 Å². The van der Waals surface area contributed by atoms with Gasteiger partial charge in [0.2, 0.25) is 0 Å². The quantitative estimate of drug-likeness (QED) is 0.721. The normalized spacial score (nSPS) is 10.6. The maximum atomic E-state index is 13.7. The van der Waals surface area contributed by atoms with E-state index in [1.807, 2.05) is 25.1 Å². The minimum atomic E-state index is -0.283. The monoisotopic (exact) mass is 387 g/mol. The van der Waals surface area contributed by atoms with Gasteiger partial charge >= 0.3 is 0 Å². The van der Waals surface area contributed by atoms with Crippen molar-refractivity contribution in [3.05, 3.63) is 81.7 Å². The van der Waals surface area contributed by atoms with Gasteiger partial charge < -0.3 is 5.32 Å². The summed E-state index contributed by atoms with van der Waals surface area (Å²) >= 11 is 3.38. The number of aromatic nitrogens is 2. The number of amides is 1. The molecular weight excluding hydrogens is 373 g/mol. The standard InChI is InChI=1S/C18H15BrFN3O/c1-12-6-2-4-8-14(12)18(24)21-17-15(19)11-23(22-17)10-13-7-3-5-9-16(13)20/h2-9,11H,10H2,1H3,(H,21,22,24). The van der Waals surface area contributed by atoms with E-state index in [4.69, 9.17) is 0 Å². The van der Waals surface area contributed by atoms with Gasteiger partial charge in [0.25, 0.3) is 5.91 Å². The molecule has 1 amide bonds. The van der Waals surface area contributed by atoms with Crippen molar-refractivity contribution in [2.45, 2.75) is 13.5 Å². The molecule has 0 bridgehead atoms. The molecule has 1 aromatic heterocycles. The van der Waals surface area contributed by atoms with Crippen LogP contribution in [0, 0.1) is 12.7 Å². The van der Waals surface area contributed by atoms with Crippen LogP contribution in [-0.2, 0) is 6.54 Å². The summed E-state index contributed by atoms with van der Waals surface area (Å²) in [6, 6.07) is 13.9. The van der Waals surface area contributed by atoms with Crippen LogP contribution in [0.3, 0.4) is 0 Å². The molecule has 4 nitrogen and oxygen atoms in total. The molecule has 0 unspecified atom stereocenters. The predicted molar refractivity (Wildman–Crippen MR) is 94.6 cm³/mol. The van der Waals surface area contributed by atoms with Crippen LogP contribution in [0.2, 0.25) is 0 Å². The average molecular weight is 388 g/mol. The molecule has 3 rings (SSSR count). The van der Waals surface area contributed by atoms with Crippen LogP contribution in [-0.4, -0.2) is 15.7 Å². The Morgan fingerprint density at radius 3 is 2.67 bits per heavy atom. The minimum absolute atomic E-state index is 0.232. The van der Waals surface area contributed by atoms with Gasteiger partial charge in [-0.15, -0.1) is 0 Å². The number of nitrogens with one attached hydrogen (secondary N) is 1. The van der Waals surface area contributed by atoms with Crippen molar-refractivity contribution in [2.75, 3.05) is 5.32 Å². The van der Waals surface area contributed by atoms with Gasteiger partial charge in [-0.25, -0.2) is 4.39 Å². The van der Waals surface area contributed by atoms with Gasteiger partial charge in [0, 0.05) is 17.3 Å². The highest BCUT2D eigenvalue weighted by atomic mass is 79.9. The van der Waals surface area contributed by atoms with E-state index in [9.17, 15) is 9.18 Å². The SMILES string of the molecule is Cc1ccccc1C(=O)Nc1nn(Cc2ccccc2F)cc1Br. The first-order valence-corrected chi connectivity index (χ1v) is 8.17. The molecule has 2 aromatic carbocycles. The van der Waals surface area contributed by atoms with Gasteiger partial charge in [-0.3, -0.25) is 9.48 Å². The Kier molecular flexibility index (Phi) is 4.76.